The van der Waals surface area contributed by atoms with Crippen molar-refractivity contribution >= 4 is 27.5 Å². The van der Waals surface area contributed by atoms with Crippen molar-refractivity contribution in [3.8, 4) is 22.7 Å². The number of hydrogen-bond acceptors (Lipinski definition) is 8. The van der Waals surface area contributed by atoms with Gasteiger partial charge in [-0.05, 0) is 70.6 Å². The van der Waals surface area contributed by atoms with Gasteiger partial charge in [0.05, 0.1) is 23.5 Å². The fraction of sp³-hybridized carbons (Fsp3) is 0.481. The summed E-state index contributed by atoms with van der Waals surface area (Å²) in [5.74, 6) is -0.310. The van der Waals surface area contributed by atoms with E-state index < -0.39 is 27.3 Å². The number of nitrogens with zero attached hydrogens (tertiary/aromatic N) is 4. The lowest BCUT2D eigenvalue weighted by Gasteiger charge is -2.30. The lowest BCUT2D eigenvalue weighted by Crippen LogP contribution is -2.41. The number of benzene rings is 1. The summed E-state index contributed by atoms with van der Waals surface area (Å²) in [4.78, 5) is 20.4. The average Bonchev–Trinajstić information content (AvgIpc) is 3.37. The third kappa shape index (κ3) is 7.28. The van der Waals surface area contributed by atoms with Crippen molar-refractivity contribution in [3.05, 3.63) is 47.9 Å². The SMILES string of the molecule is CCS(=O)(=O)c1ccc(-n2cc(-c3ncnc(Cl)c3OC[C@H]3CC[C@@H](NC(=O)OC(C)(C)C)CC3)cn2)c(F)c1. The van der Waals surface area contributed by atoms with Crippen molar-refractivity contribution in [2.24, 2.45) is 5.92 Å². The van der Waals surface area contributed by atoms with E-state index in [1.165, 1.54) is 36.3 Å². The van der Waals surface area contributed by atoms with Crippen LogP contribution in [0.4, 0.5) is 9.18 Å². The summed E-state index contributed by atoms with van der Waals surface area (Å²) in [5, 5.41) is 7.30. The Morgan fingerprint density at radius 3 is 2.58 bits per heavy atom. The molecule has 2 heterocycles. The van der Waals surface area contributed by atoms with Crippen LogP contribution in [0.2, 0.25) is 5.15 Å². The molecule has 0 unspecified atom stereocenters. The summed E-state index contributed by atoms with van der Waals surface area (Å²) >= 11 is 6.37. The molecule has 1 aromatic carbocycles. The van der Waals surface area contributed by atoms with Gasteiger partial charge < -0.3 is 14.8 Å². The molecule has 2 aromatic heterocycles. The van der Waals surface area contributed by atoms with E-state index in [9.17, 15) is 17.6 Å². The number of aromatic nitrogens is 4. The molecule has 0 spiro atoms. The third-order valence-electron chi connectivity index (χ3n) is 6.55. The summed E-state index contributed by atoms with van der Waals surface area (Å²) in [6, 6.07) is 3.76. The van der Waals surface area contributed by atoms with Gasteiger partial charge in [0.25, 0.3) is 0 Å². The molecule has 0 saturated heterocycles. The topological polar surface area (TPSA) is 125 Å². The molecular formula is C27H33ClFN5O5S. The molecule has 1 aliphatic carbocycles. The van der Waals surface area contributed by atoms with E-state index in [0.29, 0.717) is 23.6 Å². The number of carbonyl (C=O) groups excluding carboxylic acids is 1. The Hall–Kier alpha value is -3.25. The van der Waals surface area contributed by atoms with Crippen molar-refractivity contribution < 1.29 is 27.1 Å². The Kier molecular flexibility index (Phi) is 8.99. The van der Waals surface area contributed by atoms with E-state index in [4.69, 9.17) is 21.1 Å². The number of nitrogens with one attached hydrogen (secondary N) is 1. The second kappa shape index (κ2) is 12.1. The molecule has 1 aliphatic rings. The number of sulfone groups is 1. The first-order valence-corrected chi connectivity index (χ1v) is 15.1. The maximum atomic E-state index is 14.8. The zero-order valence-corrected chi connectivity index (χ0v) is 24.4. The third-order valence-corrected chi connectivity index (χ3v) is 8.55. The minimum atomic E-state index is -3.54. The van der Waals surface area contributed by atoms with Gasteiger partial charge in [0.2, 0.25) is 0 Å². The van der Waals surface area contributed by atoms with E-state index in [1.807, 2.05) is 20.8 Å². The number of alkyl carbamates (subject to hydrolysis) is 1. The van der Waals surface area contributed by atoms with E-state index in [0.717, 1.165) is 31.7 Å². The van der Waals surface area contributed by atoms with Crippen molar-refractivity contribution in [3.63, 3.8) is 0 Å². The highest BCUT2D eigenvalue weighted by Crippen LogP contribution is 2.35. The molecule has 1 N–H and O–H groups in total. The summed E-state index contributed by atoms with van der Waals surface area (Å²) in [6.07, 6.45) is 7.25. The van der Waals surface area contributed by atoms with Gasteiger partial charge in [-0.3, -0.25) is 0 Å². The number of hydrogen-bond donors (Lipinski definition) is 1. The first-order chi connectivity index (χ1) is 18.9. The van der Waals surface area contributed by atoms with Crippen LogP contribution >= 0.6 is 11.6 Å². The fourth-order valence-corrected chi connectivity index (χ4v) is 5.52. The molecule has 0 radical (unpaired) electrons. The maximum absolute atomic E-state index is 14.8. The van der Waals surface area contributed by atoms with Gasteiger partial charge >= 0.3 is 6.09 Å². The number of carbonyl (C=O) groups is 1. The molecule has 13 heteroatoms. The van der Waals surface area contributed by atoms with Crippen LogP contribution in [0.25, 0.3) is 16.9 Å². The molecule has 1 amide bonds. The maximum Gasteiger partial charge on any atom is 0.407 e. The van der Waals surface area contributed by atoms with Crippen LogP contribution in [0.5, 0.6) is 5.75 Å². The lowest BCUT2D eigenvalue weighted by atomic mass is 9.86. The molecular weight excluding hydrogens is 561 g/mol. The van der Waals surface area contributed by atoms with Crippen LogP contribution in [0.3, 0.4) is 0 Å². The molecule has 0 aliphatic heterocycles. The van der Waals surface area contributed by atoms with Gasteiger partial charge in [0.15, 0.2) is 20.7 Å². The Labute approximate surface area is 238 Å². The minimum Gasteiger partial charge on any atom is -0.488 e. The van der Waals surface area contributed by atoms with Gasteiger partial charge in [0, 0.05) is 17.8 Å². The number of ether oxygens (including phenoxy) is 2. The molecule has 0 atom stereocenters. The Morgan fingerprint density at radius 2 is 1.93 bits per heavy atom. The summed E-state index contributed by atoms with van der Waals surface area (Å²) in [6.45, 7) is 7.37. The zero-order chi connectivity index (χ0) is 29.1. The highest BCUT2D eigenvalue weighted by atomic mass is 35.5. The van der Waals surface area contributed by atoms with Crippen molar-refractivity contribution in [1.29, 1.82) is 0 Å². The van der Waals surface area contributed by atoms with E-state index in [-0.39, 0.29) is 33.4 Å². The predicted molar refractivity (Wildman–Crippen MR) is 148 cm³/mol. The Balaban J connectivity index is 1.42. The smallest absolute Gasteiger partial charge is 0.407 e. The highest BCUT2D eigenvalue weighted by Gasteiger charge is 2.26. The van der Waals surface area contributed by atoms with Gasteiger partial charge in [-0.2, -0.15) is 5.10 Å². The van der Waals surface area contributed by atoms with Crippen LogP contribution in [0.1, 0.15) is 53.4 Å². The van der Waals surface area contributed by atoms with E-state index >= 15 is 0 Å². The van der Waals surface area contributed by atoms with Gasteiger partial charge in [-0.1, -0.05) is 18.5 Å². The fourth-order valence-electron chi connectivity index (χ4n) is 4.45. The van der Waals surface area contributed by atoms with Crippen molar-refractivity contribution in [2.75, 3.05) is 12.4 Å². The number of rotatable bonds is 8. The first-order valence-electron chi connectivity index (χ1n) is 13.1. The Morgan fingerprint density at radius 1 is 1.20 bits per heavy atom. The standard InChI is InChI=1S/C27H33ClFN5O5S/c1-5-40(36,37)20-10-11-22(21(29)12-20)34-14-18(13-32-34)23-24(25(28)31-16-30-23)38-15-17-6-8-19(9-7-17)33-26(35)39-27(2,3)4/h10-14,16-17,19H,5-9,15H2,1-4H3,(H,33,35)/t17-,19+. The van der Waals surface area contributed by atoms with Crippen LogP contribution in [-0.4, -0.2) is 58.3 Å². The normalized spacial score (nSPS) is 17.9. The minimum absolute atomic E-state index is 0.0488. The lowest BCUT2D eigenvalue weighted by molar-refractivity contribution is 0.0483. The number of halogens is 2. The van der Waals surface area contributed by atoms with Gasteiger partial charge in [-0.25, -0.2) is 32.3 Å². The molecule has 10 nitrogen and oxygen atoms in total. The summed E-state index contributed by atoms with van der Waals surface area (Å²) in [5.41, 5.74) is 0.462. The quantitative estimate of drug-likeness (QED) is 0.345. The monoisotopic (exact) mass is 593 g/mol. The van der Waals surface area contributed by atoms with Gasteiger partial charge in [0.1, 0.15) is 29.1 Å². The van der Waals surface area contributed by atoms with Crippen LogP contribution < -0.4 is 10.1 Å². The van der Waals surface area contributed by atoms with E-state index in [1.54, 1.807) is 6.20 Å². The van der Waals surface area contributed by atoms with Crippen molar-refractivity contribution in [1.82, 2.24) is 25.1 Å². The zero-order valence-electron chi connectivity index (χ0n) is 22.9. The van der Waals surface area contributed by atoms with Crippen LogP contribution in [0.15, 0.2) is 41.8 Å². The molecule has 1 saturated carbocycles. The first kappa shape index (κ1) is 29.7. The van der Waals surface area contributed by atoms with Crippen molar-refractivity contribution in [2.45, 2.75) is 69.9 Å². The molecule has 40 heavy (non-hydrogen) atoms. The molecule has 3 aromatic rings. The van der Waals surface area contributed by atoms with Crippen LogP contribution in [-0.2, 0) is 14.6 Å². The molecule has 4 rings (SSSR count). The number of amides is 1. The van der Waals surface area contributed by atoms with E-state index in [2.05, 4.69) is 20.4 Å². The molecule has 216 valence electrons. The highest BCUT2D eigenvalue weighted by molar-refractivity contribution is 7.91. The van der Waals surface area contributed by atoms with Crippen LogP contribution in [0, 0.1) is 11.7 Å². The average molecular weight is 594 g/mol. The predicted octanol–water partition coefficient (Wildman–Crippen LogP) is 5.38. The summed E-state index contributed by atoms with van der Waals surface area (Å²) < 4.78 is 51.7. The Bertz CT molecular complexity index is 1470. The second-order valence-electron chi connectivity index (χ2n) is 10.7. The molecule has 1 fully saturated rings. The largest absolute Gasteiger partial charge is 0.488 e. The van der Waals surface area contributed by atoms with Gasteiger partial charge in [-0.15, -0.1) is 0 Å². The second-order valence-corrected chi connectivity index (χ2v) is 13.3. The summed E-state index contributed by atoms with van der Waals surface area (Å²) in [7, 11) is -3.54. The molecule has 0 bridgehead atoms.